The van der Waals surface area contributed by atoms with Crippen molar-refractivity contribution in [1.82, 2.24) is 14.8 Å². The molecule has 1 heterocycles. The molecule has 1 aromatic rings. The lowest BCUT2D eigenvalue weighted by atomic mass is 10.1. The van der Waals surface area contributed by atoms with Gasteiger partial charge < -0.3 is 10.6 Å². The predicted molar refractivity (Wildman–Crippen MR) is 82.2 cm³/mol. The molecular formula is C15H28N4. The molecule has 0 saturated heterocycles. The molecule has 0 aliphatic heterocycles. The van der Waals surface area contributed by atoms with E-state index >= 15 is 0 Å². The van der Waals surface area contributed by atoms with Crippen molar-refractivity contribution in [2.45, 2.75) is 33.7 Å². The molecule has 108 valence electrons. The van der Waals surface area contributed by atoms with Gasteiger partial charge in [-0.05, 0) is 65.1 Å². The van der Waals surface area contributed by atoms with Gasteiger partial charge >= 0.3 is 0 Å². The van der Waals surface area contributed by atoms with Gasteiger partial charge in [0.2, 0.25) is 0 Å². The molecule has 0 bridgehead atoms. The average molecular weight is 264 g/mol. The van der Waals surface area contributed by atoms with Gasteiger partial charge in [0.25, 0.3) is 0 Å². The Morgan fingerprint density at radius 1 is 1.21 bits per heavy atom. The maximum Gasteiger partial charge on any atom is 0.0593 e. The highest BCUT2D eigenvalue weighted by atomic mass is 15.1. The third-order valence-corrected chi connectivity index (χ3v) is 3.58. The second-order valence-corrected chi connectivity index (χ2v) is 5.45. The number of hydrogen-bond donors (Lipinski definition) is 1. The van der Waals surface area contributed by atoms with Crippen LogP contribution in [-0.4, -0.2) is 48.5 Å². The van der Waals surface area contributed by atoms with E-state index in [-0.39, 0.29) is 0 Å². The SMILES string of the molecule is CCN(CCCN(C)C)Cc1ncc(C)c(N)c1C. The van der Waals surface area contributed by atoms with Crippen molar-refractivity contribution >= 4 is 5.69 Å². The molecule has 0 fully saturated rings. The largest absolute Gasteiger partial charge is 0.398 e. The maximum atomic E-state index is 6.07. The van der Waals surface area contributed by atoms with Crippen molar-refractivity contribution in [1.29, 1.82) is 0 Å². The summed E-state index contributed by atoms with van der Waals surface area (Å²) in [5.74, 6) is 0. The molecule has 0 aliphatic carbocycles. The van der Waals surface area contributed by atoms with Crippen LogP contribution in [0, 0.1) is 13.8 Å². The number of aromatic nitrogens is 1. The Kier molecular flexibility index (Phi) is 6.25. The molecule has 0 unspecified atom stereocenters. The van der Waals surface area contributed by atoms with Crippen LogP contribution < -0.4 is 5.73 Å². The van der Waals surface area contributed by atoms with Gasteiger partial charge in [-0.25, -0.2) is 0 Å². The number of rotatable bonds is 7. The first-order valence-electron chi connectivity index (χ1n) is 7.03. The average Bonchev–Trinajstić information content (AvgIpc) is 2.37. The van der Waals surface area contributed by atoms with E-state index < -0.39 is 0 Å². The molecule has 4 heteroatoms. The van der Waals surface area contributed by atoms with Gasteiger partial charge in [0, 0.05) is 18.4 Å². The standard InChI is InChI=1S/C15H28N4/c1-6-19(9-7-8-18(4)5)11-14-13(3)15(16)12(2)10-17-14/h10H,6-9,11H2,1-5H3,(H2,16,17). The number of nitrogen functional groups attached to an aromatic ring is 1. The van der Waals surface area contributed by atoms with Crippen LogP contribution >= 0.6 is 0 Å². The molecule has 0 saturated carbocycles. The van der Waals surface area contributed by atoms with Crippen molar-refractivity contribution in [3.63, 3.8) is 0 Å². The number of aryl methyl sites for hydroxylation is 1. The van der Waals surface area contributed by atoms with Crippen LogP contribution in [0.5, 0.6) is 0 Å². The van der Waals surface area contributed by atoms with Gasteiger partial charge in [0.15, 0.2) is 0 Å². The smallest absolute Gasteiger partial charge is 0.0593 e. The van der Waals surface area contributed by atoms with Crippen LogP contribution in [0.15, 0.2) is 6.20 Å². The highest BCUT2D eigenvalue weighted by molar-refractivity contribution is 5.53. The number of hydrogen-bond acceptors (Lipinski definition) is 4. The first kappa shape index (κ1) is 15.9. The normalized spacial score (nSPS) is 11.5. The second-order valence-electron chi connectivity index (χ2n) is 5.45. The van der Waals surface area contributed by atoms with Gasteiger partial charge in [-0.2, -0.15) is 0 Å². The first-order valence-corrected chi connectivity index (χ1v) is 7.03. The fourth-order valence-electron chi connectivity index (χ4n) is 2.12. The summed E-state index contributed by atoms with van der Waals surface area (Å²) >= 11 is 0. The zero-order valence-corrected chi connectivity index (χ0v) is 13.0. The molecule has 0 radical (unpaired) electrons. The zero-order chi connectivity index (χ0) is 14.4. The summed E-state index contributed by atoms with van der Waals surface area (Å²) in [6, 6.07) is 0. The molecule has 4 nitrogen and oxygen atoms in total. The van der Waals surface area contributed by atoms with Gasteiger partial charge in [-0.3, -0.25) is 9.88 Å². The Hall–Kier alpha value is -1.13. The predicted octanol–water partition coefficient (Wildman–Crippen LogP) is 2.05. The van der Waals surface area contributed by atoms with Gasteiger partial charge in [0.05, 0.1) is 5.69 Å². The molecule has 0 aromatic carbocycles. The fraction of sp³-hybridized carbons (Fsp3) is 0.667. The second kappa shape index (κ2) is 7.46. The van der Waals surface area contributed by atoms with Gasteiger partial charge in [-0.1, -0.05) is 6.92 Å². The van der Waals surface area contributed by atoms with E-state index in [4.69, 9.17) is 5.73 Å². The van der Waals surface area contributed by atoms with E-state index in [9.17, 15) is 0 Å². The topological polar surface area (TPSA) is 45.4 Å². The minimum atomic E-state index is 0.884. The summed E-state index contributed by atoms with van der Waals surface area (Å²) in [5.41, 5.74) is 10.3. The highest BCUT2D eigenvalue weighted by Crippen LogP contribution is 2.19. The summed E-state index contributed by atoms with van der Waals surface area (Å²) in [4.78, 5) is 9.19. The monoisotopic (exact) mass is 264 g/mol. The van der Waals surface area contributed by atoms with Crippen LogP contribution in [0.2, 0.25) is 0 Å². The number of nitrogens with two attached hydrogens (primary N) is 1. The van der Waals surface area contributed by atoms with E-state index in [1.165, 1.54) is 6.42 Å². The van der Waals surface area contributed by atoms with E-state index in [0.29, 0.717) is 0 Å². The summed E-state index contributed by atoms with van der Waals surface area (Å²) in [6.07, 6.45) is 3.06. The lowest BCUT2D eigenvalue weighted by Gasteiger charge is -2.22. The van der Waals surface area contributed by atoms with Crippen LogP contribution in [0.3, 0.4) is 0 Å². The number of pyridine rings is 1. The fourth-order valence-corrected chi connectivity index (χ4v) is 2.12. The van der Waals surface area contributed by atoms with Crippen molar-refractivity contribution in [3.8, 4) is 0 Å². The molecule has 1 rings (SSSR count). The Labute approximate surface area is 117 Å². The summed E-state index contributed by atoms with van der Waals surface area (Å²) in [5, 5.41) is 0. The summed E-state index contributed by atoms with van der Waals surface area (Å²) in [6.45, 7) is 10.4. The third kappa shape index (κ3) is 4.80. The Bertz CT molecular complexity index is 401. The van der Waals surface area contributed by atoms with Crippen molar-refractivity contribution in [2.75, 3.05) is 39.5 Å². The van der Waals surface area contributed by atoms with Crippen LogP contribution in [-0.2, 0) is 6.54 Å². The highest BCUT2D eigenvalue weighted by Gasteiger charge is 2.10. The molecule has 19 heavy (non-hydrogen) atoms. The quantitative estimate of drug-likeness (QED) is 0.819. The number of anilines is 1. The van der Waals surface area contributed by atoms with E-state index in [1.54, 1.807) is 0 Å². The Balaban J connectivity index is 2.63. The molecule has 0 aliphatic rings. The zero-order valence-electron chi connectivity index (χ0n) is 13.0. The minimum absolute atomic E-state index is 0.884. The van der Waals surface area contributed by atoms with Crippen molar-refractivity contribution < 1.29 is 0 Å². The van der Waals surface area contributed by atoms with E-state index in [1.807, 2.05) is 13.1 Å². The molecule has 1 aromatic heterocycles. The maximum absolute atomic E-state index is 6.07. The van der Waals surface area contributed by atoms with E-state index in [0.717, 1.165) is 48.7 Å². The first-order chi connectivity index (χ1) is 8.95. The van der Waals surface area contributed by atoms with Gasteiger partial charge in [0.1, 0.15) is 0 Å². The van der Waals surface area contributed by atoms with Crippen LogP contribution in [0.25, 0.3) is 0 Å². The summed E-state index contributed by atoms with van der Waals surface area (Å²) in [7, 11) is 4.23. The Morgan fingerprint density at radius 2 is 1.89 bits per heavy atom. The molecular weight excluding hydrogens is 236 g/mol. The third-order valence-electron chi connectivity index (χ3n) is 3.58. The number of nitrogens with zero attached hydrogens (tertiary/aromatic N) is 3. The van der Waals surface area contributed by atoms with Crippen LogP contribution in [0.4, 0.5) is 5.69 Å². The molecule has 0 amide bonds. The van der Waals surface area contributed by atoms with Crippen LogP contribution in [0.1, 0.15) is 30.2 Å². The Morgan fingerprint density at radius 3 is 2.47 bits per heavy atom. The lowest BCUT2D eigenvalue weighted by Crippen LogP contribution is -2.27. The van der Waals surface area contributed by atoms with Crippen molar-refractivity contribution in [3.05, 3.63) is 23.0 Å². The molecule has 2 N–H and O–H groups in total. The van der Waals surface area contributed by atoms with Gasteiger partial charge in [-0.15, -0.1) is 0 Å². The van der Waals surface area contributed by atoms with Crippen molar-refractivity contribution in [2.24, 2.45) is 0 Å². The minimum Gasteiger partial charge on any atom is -0.398 e. The molecule has 0 atom stereocenters. The lowest BCUT2D eigenvalue weighted by molar-refractivity contribution is 0.256. The van der Waals surface area contributed by atoms with E-state index in [2.05, 4.69) is 42.7 Å². The summed E-state index contributed by atoms with van der Waals surface area (Å²) < 4.78 is 0. The molecule has 0 spiro atoms.